The van der Waals surface area contributed by atoms with E-state index < -0.39 is 0 Å². The molecule has 210 valence electrons. The maximum absolute atomic E-state index is 13.1. The van der Waals surface area contributed by atoms with Gasteiger partial charge in [-0.05, 0) is 43.5 Å². The SMILES string of the molecule is COc1c(OCCCN2CCOCC2)ccc2c1N=C(NC(=O)c1ccc(NC(=O)C3CC3)nc1)N1CCN=C21. The minimum atomic E-state index is -0.365. The molecule has 4 aliphatic rings. The minimum Gasteiger partial charge on any atom is -0.491 e. The third-order valence-electron chi connectivity index (χ3n) is 7.28. The highest BCUT2D eigenvalue weighted by Crippen LogP contribution is 2.43. The number of fused-ring (bicyclic) bond motifs is 3. The van der Waals surface area contributed by atoms with E-state index in [-0.39, 0.29) is 17.7 Å². The number of carbonyl (C=O) groups is 2. The van der Waals surface area contributed by atoms with Gasteiger partial charge in [-0.15, -0.1) is 0 Å². The average Bonchev–Trinajstić information content (AvgIpc) is 3.72. The number of benzene rings is 1. The predicted molar refractivity (Wildman–Crippen MR) is 149 cm³/mol. The van der Waals surface area contributed by atoms with Crippen molar-refractivity contribution in [3.05, 3.63) is 41.6 Å². The molecule has 0 unspecified atom stereocenters. The number of carbonyl (C=O) groups excluding carboxylic acids is 2. The molecule has 2 fully saturated rings. The van der Waals surface area contributed by atoms with Crippen molar-refractivity contribution in [3.8, 4) is 11.5 Å². The van der Waals surface area contributed by atoms with Gasteiger partial charge >= 0.3 is 0 Å². The third kappa shape index (κ3) is 5.63. The van der Waals surface area contributed by atoms with E-state index in [0.29, 0.717) is 54.2 Å². The molecule has 1 saturated heterocycles. The fourth-order valence-electron chi connectivity index (χ4n) is 4.95. The first-order valence-corrected chi connectivity index (χ1v) is 13.7. The molecule has 0 bridgehead atoms. The summed E-state index contributed by atoms with van der Waals surface area (Å²) in [6.07, 6.45) is 4.14. The first-order chi connectivity index (χ1) is 19.6. The Morgan fingerprint density at radius 2 is 1.95 bits per heavy atom. The van der Waals surface area contributed by atoms with Gasteiger partial charge in [0.2, 0.25) is 11.9 Å². The number of anilines is 1. The average molecular weight is 548 g/mol. The number of morpholine rings is 1. The molecule has 40 heavy (non-hydrogen) atoms. The molecule has 6 rings (SSSR count). The first kappa shape index (κ1) is 26.2. The van der Waals surface area contributed by atoms with Crippen LogP contribution in [-0.2, 0) is 9.53 Å². The fourth-order valence-corrected chi connectivity index (χ4v) is 4.95. The van der Waals surface area contributed by atoms with Crippen LogP contribution in [0.4, 0.5) is 11.5 Å². The smallest absolute Gasteiger partial charge is 0.259 e. The molecular weight excluding hydrogens is 514 g/mol. The molecule has 2 amide bonds. The van der Waals surface area contributed by atoms with E-state index >= 15 is 0 Å². The zero-order valence-corrected chi connectivity index (χ0v) is 22.5. The number of nitrogens with one attached hydrogen (secondary N) is 2. The second-order valence-electron chi connectivity index (χ2n) is 10.1. The van der Waals surface area contributed by atoms with E-state index in [2.05, 4.69) is 25.5 Å². The number of pyridine rings is 1. The van der Waals surface area contributed by atoms with Crippen LogP contribution >= 0.6 is 0 Å². The molecule has 0 radical (unpaired) electrons. The minimum absolute atomic E-state index is 0.0322. The number of hydrogen-bond donors (Lipinski definition) is 2. The van der Waals surface area contributed by atoms with E-state index in [1.54, 1.807) is 19.2 Å². The Morgan fingerprint density at radius 3 is 2.70 bits per heavy atom. The summed E-state index contributed by atoms with van der Waals surface area (Å²) in [5.74, 6) is 2.29. The van der Waals surface area contributed by atoms with Crippen LogP contribution in [0, 0.1) is 5.92 Å². The number of rotatable bonds is 9. The number of methoxy groups -OCH3 is 1. The summed E-state index contributed by atoms with van der Waals surface area (Å²) in [6, 6.07) is 7.08. The van der Waals surface area contributed by atoms with Crippen molar-refractivity contribution in [2.45, 2.75) is 19.3 Å². The Bertz CT molecular complexity index is 1330. The maximum Gasteiger partial charge on any atom is 0.259 e. The summed E-state index contributed by atoms with van der Waals surface area (Å²) < 4.78 is 17.3. The molecule has 1 aliphatic carbocycles. The van der Waals surface area contributed by atoms with Crippen LogP contribution in [-0.4, -0.2) is 98.0 Å². The molecule has 1 saturated carbocycles. The Balaban J connectivity index is 1.16. The second-order valence-corrected chi connectivity index (χ2v) is 10.1. The molecule has 0 atom stereocenters. The third-order valence-corrected chi connectivity index (χ3v) is 7.28. The van der Waals surface area contributed by atoms with Crippen molar-refractivity contribution < 1.29 is 23.8 Å². The standard InChI is InChI=1S/C28H33N7O5/c1-38-24-21(40-14-2-10-34-12-15-39-16-13-34)7-6-20-23(24)32-28(35-11-9-29-25(20)35)33-27(37)19-5-8-22(30-17-19)31-26(36)18-3-4-18/h5-8,17-18H,2-4,9-16H2,1H3,(H,30,31,36)(H,32,33,37). The van der Waals surface area contributed by atoms with E-state index in [1.165, 1.54) is 6.20 Å². The monoisotopic (exact) mass is 547 g/mol. The maximum atomic E-state index is 13.1. The van der Waals surface area contributed by atoms with Crippen LogP contribution < -0.4 is 20.1 Å². The Hall–Kier alpha value is -4.03. The van der Waals surface area contributed by atoms with Gasteiger partial charge in [-0.3, -0.25) is 29.7 Å². The number of aliphatic imine (C=N–C) groups is 2. The lowest BCUT2D eigenvalue weighted by molar-refractivity contribution is -0.117. The van der Waals surface area contributed by atoms with Gasteiger partial charge in [0, 0.05) is 43.9 Å². The second kappa shape index (κ2) is 11.6. The highest BCUT2D eigenvalue weighted by atomic mass is 16.5. The van der Waals surface area contributed by atoms with Crippen LogP contribution in [0.2, 0.25) is 0 Å². The lowest BCUT2D eigenvalue weighted by atomic mass is 10.1. The summed E-state index contributed by atoms with van der Waals surface area (Å²) in [6.45, 7) is 6.11. The van der Waals surface area contributed by atoms with Gasteiger partial charge in [0.1, 0.15) is 17.3 Å². The molecule has 4 heterocycles. The van der Waals surface area contributed by atoms with Crippen molar-refractivity contribution in [2.75, 3.05) is 65.0 Å². The Kier molecular flexibility index (Phi) is 7.60. The number of amidine groups is 1. The summed E-state index contributed by atoms with van der Waals surface area (Å²) >= 11 is 0. The van der Waals surface area contributed by atoms with Crippen LogP contribution in [0.1, 0.15) is 35.2 Å². The number of hydrogen-bond acceptors (Lipinski definition) is 10. The molecule has 12 nitrogen and oxygen atoms in total. The van der Waals surface area contributed by atoms with Crippen LogP contribution in [0.15, 0.2) is 40.4 Å². The Labute approximate surface area is 232 Å². The molecule has 12 heteroatoms. The number of guanidine groups is 1. The van der Waals surface area contributed by atoms with Crippen molar-refractivity contribution in [1.29, 1.82) is 0 Å². The molecule has 0 spiro atoms. The quantitative estimate of drug-likeness (QED) is 0.456. The number of nitrogens with zero attached hydrogens (tertiary/aromatic N) is 5. The van der Waals surface area contributed by atoms with Gasteiger partial charge in [0.25, 0.3) is 5.91 Å². The summed E-state index contributed by atoms with van der Waals surface area (Å²) in [4.78, 5) is 43.1. The number of aromatic nitrogens is 1. The van der Waals surface area contributed by atoms with E-state index in [4.69, 9.17) is 19.2 Å². The summed E-state index contributed by atoms with van der Waals surface area (Å²) in [5, 5.41) is 5.69. The highest BCUT2D eigenvalue weighted by molar-refractivity contribution is 6.20. The normalized spacial score (nSPS) is 18.3. The van der Waals surface area contributed by atoms with Gasteiger partial charge in [0.15, 0.2) is 11.5 Å². The van der Waals surface area contributed by atoms with Crippen molar-refractivity contribution in [2.24, 2.45) is 15.9 Å². The van der Waals surface area contributed by atoms with Crippen molar-refractivity contribution in [3.63, 3.8) is 0 Å². The molecule has 2 aromatic rings. The topological polar surface area (TPSA) is 130 Å². The molecule has 2 N–H and O–H groups in total. The van der Waals surface area contributed by atoms with Gasteiger partial charge in [-0.1, -0.05) is 0 Å². The highest BCUT2D eigenvalue weighted by Gasteiger charge is 2.33. The van der Waals surface area contributed by atoms with E-state index in [9.17, 15) is 9.59 Å². The molecular formula is C28H33N7O5. The van der Waals surface area contributed by atoms with E-state index in [0.717, 1.165) is 63.5 Å². The van der Waals surface area contributed by atoms with Crippen LogP contribution in [0.3, 0.4) is 0 Å². The van der Waals surface area contributed by atoms with Crippen molar-refractivity contribution in [1.82, 2.24) is 20.1 Å². The zero-order valence-electron chi connectivity index (χ0n) is 22.5. The predicted octanol–water partition coefficient (Wildman–Crippen LogP) is 2.03. The van der Waals surface area contributed by atoms with Crippen molar-refractivity contribution >= 4 is 35.1 Å². The molecule has 1 aromatic carbocycles. The van der Waals surface area contributed by atoms with Gasteiger partial charge < -0.3 is 19.5 Å². The zero-order chi connectivity index (χ0) is 27.5. The first-order valence-electron chi connectivity index (χ1n) is 13.7. The van der Waals surface area contributed by atoms with Gasteiger partial charge in [-0.2, -0.15) is 0 Å². The molecule has 1 aromatic heterocycles. The lowest BCUT2D eigenvalue weighted by Gasteiger charge is -2.29. The number of amides is 2. The van der Waals surface area contributed by atoms with Crippen LogP contribution in [0.25, 0.3) is 0 Å². The fraction of sp³-hybridized carbons (Fsp3) is 0.464. The lowest BCUT2D eigenvalue weighted by Crippen LogP contribution is -2.47. The van der Waals surface area contributed by atoms with Gasteiger partial charge in [0.05, 0.1) is 39.0 Å². The number of ether oxygens (including phenoxy) is 3. The summed E-state index contributed by atoms with van der Waals surface area (Å²) in [7, 11) is 1.59. The van der Waals surface area contributed by atoms with E-state index in [1.807, 2.05) is 17.0 Å². The summed E-state index contributed by atoms with van der Waals surface area (Å²) in [5.41, 5.74) is 1.74. The van der Waals surface area contributed by atoms with Gasteiger partial charge in [-0.25, -0.2) is 9.98 Å². The van der Waals surface area contributed by atoms with Crippen LogP contribution in [0.5, 0.6) is 11.5 Å². The Morgan fingerprint density at radius 1 is 1.10 bits per heavy atom. The largest absolute Gasteiger partial charge is 0.491 e. The molecule has 3 aliphatic heterocycles.